The number of carbonyl (C=O) groups excluding carboxylic acids is 1. The second kappa shape index (κ2) is 13.2. The Morgan fingerprint density at radius 3 is 2.10 bits per heavy atom. The van der Waals surface area contributed by atoms with Crippen LogP contribution < -0.4 is 15.7 Å². The Labute approximate surface area is 284 Å². The minimum Gasteiger partial charge on any atom is -0.444 e. The number of carbonyl (C=O) groups is 1. The smallest absolute Gasteiger partial charge is 0.410 e. The van der Waals surface area contributed by atoms with Gasteiger partial charge in [0, 0.05) is 12.7 Å². The summed E-state index contributed by atoms with van der Waals surface area (Å²) >= 11 is 0. The van der Waals surface area contributed by atoms with E-state index in [1.165, 1.54) is 10.4 Å². The van der Waals surface area contributed by atoms with Gasteiger partial charge < -0.3 is 19.4 Å². The van der Waals surface area contributed by atoms with Crippen molar-refractivity contribution in [1.82, 2.24) is 24.5 Å². The van der Waals surface area contributed by atoms with Crippen molar-refractivity contribution in [1.29, 1.82) is 0 Å². The van der Waals surface area contributed by atoms with Crippen LogP contribution in [0.1, 0.15) is 53.5 Å². The van der Waals surface area contributed by atoms with E-state index in [2.05, 4.69) is 79.6 Å². The number of aryl methyl sites for hydroxylation is 1. The Morgan fingerprint density at radius 2 is 1.52 bits per heavy atom. The van der Waals surface area contributed by atoms with Crippen molar-refractivity contribution in [3.05, 3.63) is 103 Å². The van der Waals surface area contributed by atoms with Gasteiger partial charge in [0.05, 0.1) is 41.8 Å². The van der Waals surface area contributed by atoms with Crippen LogP contribution in [0, 0.1) is 6.92 Å². The highest BCUT2D eigenvalue weighted by Gasteiger charge is 2.53. The summed E-state index contributed by atoms with van der Waals surface area (Å²) in [5.74, 6) is 0.485. The number of hydrogen-bond acceptors (Lipinski definition) is 7. The van der Waals surface area contributed by atoms with E-state index in [1.807, 2.05) is 81.0 Å². The SMILES string of the molecule is Cc1ccc(-c2ccc3cnc(N[C@@H]4CCN(C(=O)OC(C)(C)C)C[C@H]4O[Si](c4ccccc4)(c4ccccc4)C(C)(C)C)nn23)nc1. The molecule has 0 spiro atoms. The number of hydrogen-bond donors (Lipinski definition) is 1. The first-order chi connectivity index (χ1) is 22.8. The molecule has 9 nitrogen and oxygen atoms in total. The van der Waals surface area contributed by atoms with E-state index in [0.717, 1.165) is 22.5 Å². The molecule has 4 heterocycles. The van der Waals surface area contributed by atoms with Crippen molar-refractivity contribution in [3.63, 3.8) is 0 Å². The third-order valence-corrected chi connectivity index (χ3v) is 13.9. The van der Waals surface area contributed by atoms with Gasteiger partial charge in [-0.3, -0.25) is 4.98 Å². The number of aromatic nitrogens is 4. The molecule has 10 heteroatoms. The molecule has 1 aliphatic rings. The number of fused-ring (bicyclic) bond motifs is 1. The van der Waals surface area contributed by atoms with E-state index in [1.54, 1.807) is 4.90 Å². The topological polar surface area (TPSA) is 93.9 Å². The van der Waals surface area contributed by atoms with Crippen LogP contribution in [0.2, 0.25) is 5.04 Å². The molecule has 0 aliphatic carbocycles. The number of likely N-dealkylation sites (tertiary alicyclic amines) is 1. The quantitative estimate of drug-likeness (QED) is 0.200. The zero-order chi connectivity index (χ0) is 34.1. The molecule has 0 saturated carbocycles. The number of nitrogens with one attached hydrogen (secondary N) is 1. The summed E-state index contributed by atoms with van der Waals surface area (Å²) in [5.41, 5.74) is 3.09. The lowest BCUT2D eigenvalue weighted by Gasteiger charge is -2.48. The number of nitrogens with zero attached hydrogens (tertiary/aromatic N) is 5. The van der Waals surface area contributed by atoms with Gasteiger partial charge in [-0.05, 0) is 73.3 Å². The van der Waals surface area contributed by atoms with Gasteiger partial charge in [-0.1, -0.05) is 87.5 Å². The largest absolute Gasteiger partial charge is 0.444 e. The number of piperidine rings is 1. The van der Waals surface area contributed by atoms with Crippen molar-refractivity contribution in [3.8, 4) is 11.4 Å². The summed E-state index contributed by atoms with van der Waals surface area (Å²) in [6, 6.07) is 29.0. The first-order valence-electron chi connectivity index (χ1n) is 16.7. The Morgan fingerprint density at radius 1 is 0.854 bits per heavy atom. The summed E-state index contributed by atoms with van der Waals surface area (Å²) in [6.07, 6.45) is 3.58. The number of benzene rings is 2. The molecule has 2 atom stereocenters. The van der Waals surface area contributed by atoms with Crippen LogP contribution in [0.3, 0.4) is 0 Å². The van der Waals surface area contributed by atoms with Crippen LogP contribution in [-0.4, -0.2) is 69.7 Å². The molecule has 1 aliphatic heterocycles. The highest BCUT2D eigenvalue weighted by atomic mass is 28.4. The molecule has 3 aromatic heterocycles. The van der Waals surface area contributed by atoms with Crippen LogP contribution in [0.25, 0.3) is 16.9 Å². The predicted molar refractivity (Wildman–Crippen MR) is 193 cm³/mol. The average molecular weight is 663 g/mol. The highest BCUT2D eigenvalue weighted by Crippen LogP contribution is 2.39. The second-order valence-corrected chi connectivity index (χ2v) is 18.9. The third kappa shape index (κ3) is 6.86. The van der Waals surface area contributed by atoms with Gasteiger partial charge in [0.2, 0.25) is 5.95 Å². The van der Waals surface area contributed by atoms with Gasteiger partial charge in [-0.2, -0.15) is 0 Å². The van der Waals surface area contributed by atoms with Gasteiger partial charge in [0.25, 0.3) is 8.32 Å². The lowest BCUT2D eigenvalue weighted by molar-refractivity contribution is 0.00405. The second-order valence-electron chi connectivity index (χ2n) is 14.6. The standard InChI is InChI=1S/C38H46N6O3Si/c1-27-18-20-31(39-24-27)33-21-19-28-25-40-35(42-44(28)33)41-32-22-23-43(36(45)46-37(2,3)4)26-34(32)47-48(38(5,6)7,29-14-10-8-11-15-29)30-16-12-9-13-17-30/h8-21,24-25,32,34H,22-23,26H2,1-7H3,(H,41,42)/t32-,34-/m1/s1. The molecule has 1 amide bonds. The van der Waals surface area contributed by atoms with Crippen LogP contribution in [0.4, 0.5) is 10.7 Å². The number of ether oxygens (including phenoxy) is 1. The van der Waals surface area contributed by atoms with E-state index >= 15 is 0 Å². The summed E-state index contributed by atoms with van der Waals surface area (Å²) < 4.78 is 15.4. The Hall–Kier alpha value is -4.54. The number of amides is 1. The maximum absolute atomic E-state index is 13.4. The molecule has 0 bridgehead atoms. The van der Waals surface area contributed by atoms with Gasteiger partial charge in [0.1, 0.15) is 5.60 Å². The van der Waals surface area contributed by atoms with E-state index in [-0.39, 0.29) is 23.3 Å². The number of pyridine rings is 1. The van der Waals surface area contributed by atoms with Crippen LogP contribution in [0.5, 0.6) is 0 Å². The molecule has 1 saturated heterocycles. The molecule has 48 heavy (non-hydrogen) atoms. The van der Waals surface area contributed by atoms with E-state index in [0.29, 0.717) is 25.5 Å². The van der Waals surface area contributed by atoms with E-state index in [9.17, 15) is 4.79 Å². The molecule has 0 radical (unpaired) electrons. The molecule has 2 aromatic carbocycles. The van der Waals surface area contributed by atoms with Crippen molar-refractivity contribution in [2.45, 2.75) is 77.7 Å². The normalized spacial score (nSPS) is 17.4. The molecule has 250 valence electrons. The molecule has 1 fully saturated rings. The molecule has 0 unspecified atom stereocenters. The average Bonchev–Trinajstić information content (AvgIpc) is 3.47. The van der Waals surface area contributed by atoms with Crippen molar-refractivity contribution < 1.29 is 14.0 Å². The fourth-order valence-corrected chi connectivity index (χ4v) is 11.3. The fourth-order valence-electron chi connectivity index (χ4n) is 6.56. The van der Waals surface area contributed by atoms with Gasteiger partial charge >= 0.3 is 6.09 Å². The summed E-state index contributed by atoms with van der Waals surface area (Å²) in [4.78, 5) is 24.6. The number of rotatable bonds is 7. The number of anilines is 1. The molecular weight excluding hydrogens is 617 g/mol. The van der Waals surface area contributed by atoms with E-state index in [4.69, 9.17) is 19.2 Å². The van der Waals surface area contributed by atoms with Crippen LogP contribution >= 0.6 is 0 Å². The Kier molecular flexibility index (Phi) is 9.15. The minimum absolute atomic E-state index is 0.181. The Balaban J connectivity index is 1.40. The third-order valence-electron chi connectivity index (χ3n) is 8.84. The van der Waals surface area contributed by atoms with E-state index < -0.39 is 13.9 Å². The molecule has 5 aromatic rings. The summed E-state index contributed by atoms with van der Waals surface area (Å²) in [6.45, 7) is 15.4. The van der Waals surface area contributed by atoms with Crippen LogP contribution in [0.15, 0.2) is 97.3 Å². The first kappa shape index (κ1) is 33.4. The molecule has 6 rings (SSSR count). The maximum Gasteiger partial charge on any atom is 0.410 e. The van der Waals surface area contributed by atoms with Crippen molar-refractivity contribution in [2.75, 3.05) is 18.4 Å². The van der Waals surface area contributed by atoms with Crippen LogP contribution in [-0.2, 0) is 9.16 Å². The lowest BCUT2D eigenvalue weighted by atomic mass is 10.0. The predicted octanol–water partition coefficient (Wildman–Crippen LogP) is 6.47. The van der Waals surface area contributed by atoms with Gasteiger partial charge in [0.15, 0.2) is 0 Å². The minimum atomic E-state index is -2.97. The lowest BCUT2D eigenvalue weighted by Crippen LogP contribution is -2.70. The zero-order valence-corrected chi connectivity index (χ0v) is 30.0. The zero-order valence-electron chi connectivity index (χ0n) is 29.0. The van der Waals surface area contributed by atoms with Crippen molar-refractivity contribution in [2.24, 2.45) is 0 Å². The summed E-state index contributed by atoms with van der Waals surface area (Å²) in [7, 11) is -2.97. The fraction of sp³-hybridized carbons (Fsp3) is 0.368. The summed E-state index contributed by atoms with van der Waals surface area (Å²) in [5, 5.41) is 10.7. The maximum atomic E-state index is 13.4. The molecule has 1 N–H and O–H groups in total. The molecular formula is C38H46N6O3Si. The first-order valence-corrected chi connectivity index (χ1v) is 18.6. The monoisotopic (exact) mass is 662 g/mol. The van der Waals surface area contributed by atoms with Gasteiger partial charge in [-0.15, -0.1) is 5.10 Å². The van der Waals surface area contributed by atoms with Gasteiger partial charge in [-0.25, -0.2) is 14.3 Å². The Bertz CT molecular complexity index is 1810. The highest BCUT2D eigenvalue weighted by molar-refractivity contribution is 6.99. The van der Waals surface area contributed by atoms with Crippen molar-refractivity contribution >= 4 is 36.2 Å².